The van der Waals surface area contributed by atoms with Gasteiger partial charge >= 0.3 is 5.97 Å². The fourth-order valence-corrected chi connectivity index (χ4v) is 4.77. The highest BCUT2D eigenvalue weighted by Crippen LogP contribution is 2.39. The molecule has 0 aliphatic carbocycles. The molecule has 0 bridgehead atoms. The predicted molar refractivity (Wildman–Crippen MR) is 121 cm³/mol. The SMILES string of the molecule is CCO[C@@H]1CCN(Cc2c(OC)cc(C(F)F)c3[nH]ccc23)[C@@H](c2ccc(C(=O)O)cc2)C1. The number of likely N-dealkylation sites (tertiary alicyclic amines) is 1. The molecule has 8 heteroatoms. The van der Waals surface area contributed by atoms with Crippen molar-refractivity contribution in [1.82, 2.24) is 9.88 Å². The minimum atomic E-state index is -2.61. The summed E-state index contributed by atoms with van der Waals surface area (Å²) < 4.78 is 38.7. The van der Waals surface area contributed by atoms with Gasteiger partial charge in [-0.15, -0.1) is 0 Å². The number of H-pyrrole nitrogens is 1. The number of rotatable bonds is 8. The maximum Gasteiger partial charge on any atom is 0.335 e. The Bertz CT molecular complexity index is 1110. The van der Waals surface area contributed by atoms with Crippen LogP contribution in [0.1, 0.15) is 59.3 Å². The number of carboxylic acids is 1. The van der Waals surface area contributed by atoms with Gasteiger partial charge in [-0.2, -0.15) is 0 Å². The molecule has 2 aromatic carbocycles. The van der Waals surface area contributed by atoms with Crippen LogP contribution in [0.5, 0.6) is 5.75 Å². The first-order chi connectivity index (χ1) is 15.9. The highest BCUT2D eigenvalue weighted by Gasteiger charge is 2.31. The number of fused-ring (bicyclic) bond motifs is 1. The lowest BCUT2D eigenvalue weighted by Gasteiger charge is -2.40. The van der Waals surface area contributed by atoms with Gasteiger partial charge in [-0.25, -0.2) is 13.6 Å². The molecular weight excluding hydrogens is 430 g/mol. The normalized spacial score (nSPS) is 19.3. The van der Waals surface area contributed by atoms with Gasteiger partial charge in [-0.3, -0.25) is 4.90 Å². The van der Waals surface area contributed by atoms with Crippen molar-refractivity contribution in [3.63, 3.8) is 0 Å². The number of hydrogen-bond acceptors (Lipinski definition) is 4. The highest BCUT2D eigenvalue weighted by atomic mass is 19.3. The van der Waals surface area contributed by atoms with Crippen LogP contribution in [-0.4, -0.2) is 47.3 Å². The second-order valence-electron chi connectivity index (χ2n) is 8.23. The van der Waals surface area contributed by atoms with Crippen molar-refractivity contribution >= 4 is 16.9 Å². The zero-order valence-corrected chi connectivity index (χ0v) is 18.7. The molecule has 176 valence electrons. The van der Waals surface area contributed by atoms with Crippen LogP contribution in [0.3, 0.4) is 0 Å². The van der Waals surface area contributed by atoms with Crippen molar-refractivity contribution in [1.29, 1.82) is 0 Å². The van der Waals surface area contributed by atoms with E-state index in [1.165, 1.54) is 13.2 Å². The van der Waals surface area contributed by atoms with Crippen molar-refractivity contribution in [2.24, 2.45) is 0 Å². The average Bonchev–Trinajstić information content (AvgIpc) is 3.30. The fourth-order valence-electron chi connectivity index (χ4n) is 4.77. The van der Waals surface area contributed by atoms with E-state index in [0.717, 1.165) is 35.9 Å². The molecule has 1 saturated heterocycles. The Balaban J connectivity index is 1.71. The highest BCUT2D eigenvalue weighted by molar-refractivity contribution is 5.88. The number of carbonyl (C=O) groups is 1. The van der Waals surface area contributed by atoms with Crippen LogP contribution in [0, 0.1) is 0 Å². The standard InChI is InChI=1S/C25H28F2N2O4/c1-3-33-17-9-11-29(21(12-17)15-4-6-16(7-5-15)25(30)31)14-20-18-8-10-28-23(18)19(24(26)27)13-22(20)32-2/h4-8,10,13,17,21,24,28H,3,9,11-12,14H2,1-2H3,(H,30,31)/t17-,21-/m1/s1. The zero-order valence-electron chi connectivity index (χ0n) is 18.7. The molecule has 0 radical (unpaired) electrons. The van der Waals surface area contributed by atoms with E-state index >= 15 is 0 Å². The molecule has 1 aromatic heterocycles. The van der Waals surface area contributed by atoms with E-state index in [2.05, 4.69) is 9.88 Å². The number of piperidine rings is 1. The lowest BCUT2D eigenvalue weighted by molar-refractivity contribution is -0.0138. The summed E-state index contributed by atoms with van der Waals surface area (Å²) in [7, 11) is 1.50. The summed E-state index contributed by atoms with van der Waals surface area (Å²) in [5, 5.41) is 9.96. The van der Waals surface area contributed by atoms with Crippen LogP contribution < -0.4 is 4.74 Å². The molecule has 1 aliphatic rings. The second kappa shape index (κ2) is 9.89. The molecule has 6 nitrogen and oxygen atoms in total. The minimum absolute atomic E-state index is 0.00776. The molecule has 0 amide bonds. The Labute approximate surface area is 191 Å². The van der Waals surface area contributed by atoms with E-state index in [4.69, 9.17) is 9.47 Å². The van der Waals surface area contributed by atoms with Gasteiger partial charge in [-0.1, -0.05) is 12.1 Å². The maximum atomic E-state index is 13.6. The Morgan fingerprint density at radius 1 is 1.27 bits per heavy atom. The summed E-state index contributed by atoms with van der Waals surface area (Å²) in [4.78, 5) is 16.5. The molecule has 1 fully saturated rings. The molecule has 2 atom stereocenters. The van der Waals surface area contributed by atoms with E-state index in [-0.39, 0.29) is 23.3 Å². The Morgan fingerprint density at radius 3 is 2.67 bits per heavy atom. The predicted octanol–water partition coefficient (Wildman–Crippen LogP) is 5.55. The van der Waals surface area contributed by atoms with Crippen molar-refractivity contribution < 1.29 is 28.2 Å². The molecule has 3 aromatic rings. The van der Waals surface area contributed by atoms with Gasteiger partial charge in [0.2, 0.25) is 0 Å². The summed E-state index contributed by atoms with van der Waals surface area (Å²) >= 11 is 0. The molecule has 1 aliphatic heterocycles. The van der Waals surface area contributed by atoms with Gasteiger partial charge in [0.05, 0.1) is 24.3 Å². The number of halogens is 2. The molecule has 33 heavy (non-hydrogen) atoms. The number of hydrogen-bond donors (Lipinski definition) is 2. The third-order valence-electron chi connectivity index (χ3n) is 6.37. The van der Waals surface area contributed by atoms with Crippen LogP contribution in [0.2, 0.25) is 0 Å². The first kappa shape index (κ1) is 23.2. The molecule has 0 unspecified atom stereocenters. The summed E-state index contributed by atoms with van der Waals surface area (Å²) in [6.07, 6.45) is 0.768. The minimum Gasteiger partial charge on any atom is -0.496 e. The van der Waals surface area contributed by atoms with Crippen LogP contribution in [0.15, 0.2) is 42.6 Å². The summed E-state index contributed by atoms with van der Waals surface area (Å²) in [5.74, 6) is -0.530. The number of benzene rings is 2. The Kier molecular flexibility index (Phi) is 6.95. The van der Waals surface area contributed by atoms with Crippen molar-refractivity contribution in [3.8, 4) is 5.75 Å². The van der Waals surface area contributed by atoms with E-state index in [1.807, 2.05) is 25.1 Å². The third kappa shape index (κ3) is 4.72. The first-order valence-corrected chi connectivity index (χ1v) is 11.1. The van der Waals surface area contributed by atoms with Crippen LogP contribution in [-0.2, 0) is 11.3 Å². The monoisotopic (exact) mass is 458 g/mol. The molecule has 0 saturated carbocycles. The van der Waals surface area contributed by atoms with E-state index in [9.17, 15) is 18.7 Å². The largest absolute Gasteiger partial charge is 0.496 e. The molecule has 0 spiro atoms. The van der Waals surface area contributed by atoms with Gasteiger partial charge in [-0.05, 0) is 49.6 Å². The Morgan fingerprint density at radius 2 is 2.03 bits per heavy atom. The molecular formula is C25H28F2N2O4. The van der Waals surface area contributed by atoms with Gasteiger partial charge in [0.25, 0.3) is 6.43 Å². The maximum absolute atomic E-state index is 13.6. The zero-order chi connectivity index (χ0) is 23.5. The fraction of sp³-hybridized carbons (Fsp3) is 0.400. The van der Waals surface area contributed by atoms with Gasteiger partial charge in [0.1, 0.15) is 5.75 Å². The summed E-state index contributed by atoms with van der Waals surface area (Å²) in [5.41, 5.74) is 2.43. The number of aromatic nitrogens is 1. The number of aromatic amines is 1. The summed E-state index contributed by atoms with van der Waals surface area (Å²) in [6, 6.07) is 10.1. The molecule has 4 rings (SSSR count). The average molecular weight is 459 g/mol. The number of carboxylic acid groups (broad SMARTS) is 1. The Hall–Kier alpha value is -2.97. The van der Waals surface area contributed by atoms with E-state index in [1.54, 1.807) is 18.3 Å². The van der Waals surface area contributed by atoms with Gasteiger partial charge < -0.3 is 19.6 Å². The molecule has 2 heterocycles. The van der Waals surface area contributed by atoms with E-state index < -0.39 is 12.4 Å². The van der Waals surface area contributed by atoms with Crippen LogP contribution >= 0.6 is 0 Å². The topological polar surface area (TPSA) is 74.8 Å². The number of nitrogens with zero attached hydrogens (tertiary/aromatic N) is 1. The second-order valence-corrected chi connectivity index (χ2v) is 8.23. The number of nitrogens with one attached hydrogen (secondary N) is 1. The van der Waals surface area contributed by atoms with E-state index in [0.29, 0.717) is 24.4 Å². The summed E-state index contributed by atoms with van der Waals surface area (Å²) in [6.45, 7) is 3.86. The lowest BCUT2D eigenvalue weighted by Crippen LogP contribution is -2.39. The van der Waals surface area contributed by atoms with Gasteiger partial charge in [0, 0.05) is 48.4 Å². The number of alkyl halides is 2. The first-order valence-electron chi connectivity index (χ1n) is 11.1. The van der Waals surface area contributed by atoms with Crippen LogP contribution in [0.4, 0.5) is 8.78 Å². The number of aromatic carboxylic acids is 1. The smallest absolute Gasteiger partial charge is 0.335 e. The lowest BCUT2D eigenvalue weighted by atomic mass is 9.91. The third-order valence-corrected chi connectivity index (χ3v) is 6.37. The number of ether oxygens (including phenoxy) is 2. The van der Waals surface area contributed by atoms with Crippen molar-refractivity contribution in [3.05, 3.63) is 64.8 Å². The van der Waals surface area contributed by atoms with Crippen molar-refractivity contribution in [2.75, 3.05) is 20.3 Å². The molecule has 2 N–H and O–H groups in total. The van der Waals surface area contributed by atoms with Crippen molar-refractivity contribution in [2.45, 2.75) is 44.9 Å². The van der Waals surface area contributed by atoms with Crippen LogP contribution in [0.25, 0.3) is 10.9 Å². The quantitative estimate of drug-likeness (QED) is 0.463. The number of methoxy groups -OCH3 is 1. The van der Waals surface area contributed by atoms with Gasteiger partial charge in [0.15, 0.2) is 0 Å².